The molecule has 1 fully saturated rings. The molecule has 0 spiro atoms. The Labute approximate surface area is 166 Å². The number of hydrogen-bond acceptors (Lipinski definition) is 4. The number of hydrogen-bond donors (Lipinski definition) is 1. The summed E-state index contributed by atoms with van der Waals surface area (Å²) < 4.78 is 20.5. The van der Waals surface area contributed by atoms with E-state index >= 15 is 0 Å². The number of quaternary nitrogens is 1. The van der Waals surface area contributed by atoms with Crippen LogP contribution in [0.1, 0.15) is 0 Å². The minimum Gasteiger partial charge on any atom is -0.409 e. The second-order valence-electron chi connectivity index (χ2n) is 6.52. The molecular weight excluding hydrogens is 387 g/mol. The zero-order valence-corrected chi connectivity index (χ0v) is 16.1. The molecule has 4 rings (SSSR count). The minimum absolute atomic E-state index is 0.210. The molecule has 2 heterocycles. The van der Waals surface area contributed by atoms with E-state index in [-0.39, 0.29) is 5.82 Å². The van der Waals surface area contributed by atoms with Crippen molar-refractivity contribution in [1.82, 2.24) is 9.78 Å². The number of benzene rings is 2. The molecule has 0 aliphatic carbocycles. The molecule has 1 aromatic heterocycles. The normalized spacial score (nSPS) is 15.3. The van der Waals surface area contributed by atoms with Gasteiger partial charge in [0.15, 0.2) is 6.67 Å². The summed E-state index contributed by atoms with van der Waals surface area (Å²) in [6, 6.07) is 14.1. The molecule has 3 aromatic rings. The van der Waals surface area contributed by atoms with E-state index in [1.165, 1.54) is 17.0 Å². The quantitative estimate of drug-likeness (QED) is 0.677. The van der Waals surface area contributed by atoms with Gasteiger partial charge in [0.05, 0.1) is 36.8 Å². The lowest BCUT2D eigenvalue weighted by molar-refractivity contribution is -0.924. The molecule has 0 bridgehead atoms. The van der Waals surface area contributed by atoms with Gasteiger partial charge in [-0.2, -0.15) is 4.68 Å². The molecular formula is C19H19ClFN4OS+. The number of nitrogens with zero attached hydrogens (tertiary/aromatic N) is 3. The SMILES string of the molecule is Fc1ccc(N2CC[NH+](Cn3nc(-c4ccccc4Cl)oc3=S)CC2)cc1. The number of anilines is 1. The van der Waals surface area contributed by atoms with Gasteiger partial charge in [0, 0.05) is 5.69 Å². The van der Waals surface area contributed by atoms with Crippen LogP contribution in [0.15, 0.2) is 52.9 Å². The van der Waals surface area contributed by atoms with Gasteiger partial charge >= 0.3 is 0 Å². The van der Waals surface area contributed by atoms with Crippen molar-refractivity contribution < 1.29 is 13.7 Å². The topological polar surface area (TPSA) is 38.6 Å². The van der Waals surface area contributed by atoms with Gasteiger partial charge < -0.3 is 14.2 Å². The third-order valence-corrected chi connectivity index (χ3v) is 5.37. The van der Waals surface area contributed by atoms with Crippen LogP contribution in [0.2, 0.25) is 5.02 Å². The van der Waals surface area contributed by atoms with Crippen molar-refractivity contribution in [3.8, 4) is 11.5 Å². The predicted molar refractivity (Wildman–Crippen MR) is 105 cm³/mol. The highest BCUT2D eigenvalue weighted by molar-refractivity contribution is 7.71. The Morgan fingerprint density at radius 3 is 2.52 bits per heavy atom. The number of halogens is 2. The third kappa shape index (κ3) is 4.05. The van der Waals surface area contributed by atoms with E-state index in [2.05, 4.69) is 10.00 Å². The van der Waals surface area contributed by atoms with Crippen molar-refractivity contribution in [3.63, 3.8) is 0 Å². The Bertz CT molecular complexity index is 980. The van der Waals surface area contributed by atoms with Gasteiger partial charge in [-0.05, 0) is 48.6 Å². The summed E-state index contributed by atoms with van der Waals surface area (Å²) in [5.41, 5.74) is 1.79. The van der Waals surface area contributed by atoms with Gasteiger partial charge in [-0.25, -0.2) is 4.39 Å². The molecule has 27 heavy (non-hydrogen) atoms. The van der Waals surface area contributed by atoms with Gasteiger partial charge in [0.25, 0.3) is 4.84 Å². The lowest BCUT2D eigenvalue weighted by Crippen LogP contribution is -3.14. The summed E-state index contributed by atoms with van der Waals surface area (Å²) in [4.78, 5) is 3.97. The van der Waals surface area contributed by atoms with Crippen molar-refractivity contribution in [1.29, 1.82) is 0 Å². The van der Waals surface area contributed by atoms with Crippen LogP contribution in [0.25, 0.3) is 11.5 Å². The van der Waals surface area contributed by atoms with Crippen LogP contribution in [0.5, 0.6) is 0 Å². The molecule has 140 valence electrons. The molecule has 1 aliphatic rings. The first-order valence-corrected chi connectivity index (χ1v) is 9.56. The van der Waals surface area contributed by atoms with E-state index < -0.39 is 0 Å². The van der Waals surface area contributed by atoms with Crippen LogP contribution >= 0.6 is 23.8 Å². The summed E-state index contributed by atoms with van der Waals surface area (Å²) in [5.74, 6) is 0.229. The Balaban J connectivity index is 1.42. The zero-order chi connectivity index (χ0) is 18.8. The Kier molecular flexibility index (Phi) is 5.24. The largest absolute Gasteiger partial charge is 0.409 e. The molecule has 0 atom stereocenters. The molecule has 8 heteroatoms. The second-order valence-corrected chi connectivity index (χ2v) is 7.28. The standard InChI is InChI=1S/C19H18ClFN4OS/c20-17-4-2-1-3-16(17)18-22-25(19(27)26-18)13-23-9-11-24(12-10-23)15-7-5-14(21)6-8-15/h1-8H,9-13H2/p+1. The van der Waals surface area contributed by atoms with Crippen LogP contribution in [0.4, 0.5) is 10.1 Å². The van der Waals surface area contributed by atoms with Gasteiger partial charge in [0.2, 0.25) is 5.89 Å². The van der Waals surface area contributed by atoms with E-state index in [1.54, 1.807) is 10.7 Å². The van der Waals surface area contributed by atoms with Gasteiger partial charge in [-0.1, -0.05) is 23.7 Å². The average molecular weight is 406 g/mol. The van der Waals surface area contributed by atoms with Crippen LogP contribution in [-0.4, -0.2) is 36.0 Å². The maximum absolute atomic E-state index is 13.1. The third-order valence-electron chi connectivity index (χ3n) is 4.75. The summed E-state index contributed by atoms with van der Waals surface area (Å²) >= 11 is 11.5. The fraction of sp³-hybridized carbons (Fsp3) is 0.263. The molecule has 0 amide bonds. The summed E-state index contributed by atoms with van der Waals surface area (Å²) in [5, 5.41) is 5.09. The maximum atomic E-state index is 13.1. The van der Waals surface area contributed by atoms with Crippen molar-refractivity contribution in [2.75, 3.05) is 31.1 Å². The van der Waals surface area contributed by atoms with Crippen molar-refractivity contribution in [2.24, 2.45) is 0 Å². The molecule has 0 saturated carbocycles. The smallest absolute Gasteiger partial charge is 0.292 e. The summed E-state index contributed by atoms with van der Waals surface area (Å²) in [6.07, 6.45) is 0. The first kappa shape index (κ1) is 18.2. The number of nitrogens with one attached hydrogen (secondary N) is 1. The number of rotatable bonds is 4. The fourth-order valence-electron chi connectivity index (χ4n) is 3.25. The average Bonchev–Trinajstić information content (AvgIpc) is 3.04. The molecule has 0 unspecified atom stereocenters. The second kappa shape index (κ2) is 7.80. The van der Waals surface area contributed by atoms with Crippen LogP contribution in [-0.2, 0) is 6.67 Å². The molecule has 1 aliphatic heterocycles. The molecule has 1 saturated heterocycles. The molecule has 2 aromatic carbocycles. The van der Waals surface area contributed by atoms with Crippen LogP contribution < -0.4 is 9.80 Å². The van der Waals surface area contributed by atoms with Crippen molar-refractivity contribution in [2.45, 2.75) is 6.67 Å². The van der Waals surface area contributed by atoms with E-state index in [1.807, 2.05) is 30.3 Å². The Morgan fingerprint density at radius 1 is 1.11 bits per heavy atom. The van der Waals surface area contributed by atoms with Gasteiger partial charge in [0.1, 0.15) is 5.82 Å². The monoisotopic (exact) mass is 405 g/mol. The number of piperazine rings is 1. The zero-order valence-electron chi connectivity index (χ0n) is 14.6. The lowest BCUT2D eigenvalue weighted by Gasteiger charge is -2.33. The maximum Gasteiger partial charge on any atom is 0.292 e. The van der Waals surface area contributed by atoms with E-state index in [0.717, 1.165) is 37.4 Å². The number of aromatic nitrogens is 2. The Morgan fingerprint density at radius 2 is 1.81 bits per heavy atom. The lowest BCUT2D eigenvalue weighted by atomic mass is 10.2. The van der Waals surface area contributed by atoms with Crippen LogP contribution in [0, 0.1) is 10.7 Å². The summed E-state index contributed by atoms with van der Waals surface area (Å²) in [7, 11) is 0. The van der Waals surface area contributed by atoms with Gasteiger partial charge in [-0.3, -0.25) is 0 Å². The first-order valence-electron chi connectivity index (χ1n) is 8.77. The summed E-state index contributed by atoms with van der Waals surface area (Å²) in [6.45, 7) is 4.30. The van der Waals surface area contributed by atoms with E-state index in [9.17, 15) is 4.39 Å². The predicted octanol–water partition coefficient (Wildman–Crippen LogP) is 3.03. The van der Waals surface area contributed by atoms with E-state index in [4.69, 9.17) is 28.2 Å². The fourth-order valence-corrected chi connectivity index (χ4v) is 3.65. The highest BCUT2D eigenvalue weighted by Crippen LogP contribution is 2.26. The highest BCUT2D eigenvalue weighted by atomic mass is 35.5. The van der Waals surface area contributed by atoms with E-state index in [0.29, 0.717) is 22.4 Å². The van der Waals surface area contributed by atoms with Gasteiger partial charge in [-0.15, -0.1) is 5.10 Å². The first-order chi connectivity index (χ1) is 13.1. The molecule has 5 nitrogen and oxygen atoms in total. The van der Waals surface area contributed by atoms with Crippen LogP contribution in [0.3, 0.4) is 0 Å². The van der Waals surface area contributed by atoms with Crippen molar-refractivity contribution >= 4 is 29.5 Å². The Hall–Kier alpha value is -2.22. The molecule has 0 radical (unpaired) electrons. The van der Waals surface area contributed by atoms with Crippen molar-refractivity contribution in [3.05, 3.63) is 64.2 Å². The minimum atomic E-state index is -0.210. The highest BCUT2D eigenvalue weighted by Gasteiger charge is 2.22. The molecule has 1 N–H and O–H groups in total.